The number of nitrogens with one attached hydrogen (secondary N) is 1. The number of ether oxygens (including phenoxy) is 2. The maximum Gasteiger partial charge on any atom is 0.266 e. The molecule has 0 aromatic heterocycles. The predicted octanol–water partition coefficient (Wildman–Crippen LogP) is 5.73. The lowest BCUT2D eigenvalue weighted by Crippen LogP contribution is -2.27. The zero-order valence-corrected chi connectivity index (χ0v) is 21.9. The second-order valence-electron chi connectivity index (χ2n) is 8.30. The first kappa shape index (κ1) is 25.5. The van der Waals surface area contributed by atoms with E-state index in [0.717, 1.165) is 27.9 Å². The van der Waals surface area contributed by atoms with Crippen LogP contribution in [0.3, 0.4) is 0 Å². The fourth-order valence-electron chi connectivity index (χ4n) is 3.61. The minimum absolute atomic E-state index is 0.129. The Morgan fingerprint density at radius 2 is 1.81 bits per heavy atom. The van der Waals surface area contributed by atoms with Crippen molar-refractivity contribution in [2.24, 2.45) is 0 Å². The summed E-state index contributed by atoms with van der Waals surface area (Å²) in [4.78, 5) is 27.5. The van der Waals surface area contributed by atoms with E-state index in [9.17, 15) is 9.59 Å². The lowest BCUT2D eigenvalue weighted by atomic mass is 10.1. The molecule has 0 spiro atoms. The van der Waals surface area contributed by atoms with E-state index < -0.39 is 0 Å². The number of carbonyl (C=O) groups is 2. The van der Waals surface area contributed by atoms with Crippen molar-refractivity contribution in [1.82, 2.24) is 4.90 Å². The first-order valence-electron chi connectivity index (χ1n) is 11.3. The van der Waals surface area contributed by atoms with Crippen molar-refractivity contribution in [2.45, 2.75) is 20.4 Å². The van der Waals surface area contributed by atoms with Gasteiger partial charge in [0.2, 0.25) is 0 Å². The van der Waals surface area contributed by atoms with Crippen LogP contribution in [0.15, 0.2) is 71.6 Å². The average Bonchev–Trinajstić information content (AvgIpc) is 3.13. The van der Waals surface area contributed by atoms with Gasteiger partial charge in [-0.05, 0) is 66.4 Å². The molecule has 0 saturated carbocycles. The van der Waals surface area contributed by atoms with Gasteiger partial charge in [0.1, 0.15) is 4.32 Å². The van der Waals surface area contributed by atoms with E-state index in [-0.39, 0.29) is 18.4 Å². The third-order valence-electron chi connectivity index (χ3n) is 5.69. The molecule has 2 amide bonds. The molecular formula is C28H26N2O4S2. The summed E-state index contributed by atoms with van der Waals surface area (Å²) in [6, 6.07) is 20.8. The van der Waals surface area contributed by atoms with Crippen LogP contribution in [0.2, 0.25) is 0 Å². The summed E-state index contributed by atoms with van der Waals surface area (Å²) in [6.07, 6.45) is 1.78. The van der Waals surface area contributed by atoms with Gasteiger partial charge in [-0.2, -0.15) is 0 Å². The van der Waals surface area contributed by atoms with Crippen LogP contribution in [-0.4, -0.2) is 34.8 Å². The predicted molar refractivity (Wildman–Crippen MR) is 148 cm³/mol. The number of thioether (sulfide) groups is 1. The van der Waals surface area contributed by atoms with Crippen LogP contribution in [0.5, 0.6) is 11.5 Å². The Kier molecular flexibility index (Phi) is 8.07. The first-order chi connectivity index (χ1) is 17.3. The number of methoxy groups -OCH3 is 1. The van der Waals surface area contributed by atoms with E-state index in [4.69, 9.17) is 21.7 Å². The van der Waals surface area contributed by atoms with E-state index in [1.54, 1.807) is 23.1 Å². The highest BCUT2D eigenvalue weighted by atomic mass is 32.2. The summed E-state index contributed by atoms with van der Waals surface area (Å²) >= 11 is 6.72. The summed E-state index contributed by atoms with van der Waals surface area (Å²) in [5.41, 5.74) is 4.76. The molecule has 3 aromatic rings. The molecule has 1 aliphatic heterocycles. The van der Waals surface area contributed by atoms with Crippen molar-refractivity contribution in [3.63, 3.8) is 0 Å². The number of aryl methyl sites for hydroxylation is 2. The number of rotatable bonds is 8. The third kappa shape index (κ3) is 6.13. The van der Waals surface area contributed by atoms with Gasteiger partial charge in [0.05, 0.1) is 18.6 Å². The molecule has 4 rings (SSSR count). The van der Waals surface area contributed by atoms with Gasteiger partial charge < -0.3 is 14.8 Å². The Labute approximate surface area is 220 Å². The van der Waals surface area contributed by atoms with E-state index in [0.29, 0.717) is 27.3 Å². The molecule has 0 bridgehead atoms. The van der Waals surface area contributed by atoms with Crippen molar-refractivity contribution < 1.29 is 19.1 Å². The molecule has 1 N–H and O–H groups in total. The molecular weight excluding hydrogens is 492 g/mol. The van der Waals surface area contributed by atoms with Crippen LogP contribution in [0.1, 0.15) is 22.3 Å². The standard InChI is InChI=1S/C28H26N2O4S2/c1-18-9-11-22(13-19(18)2)29-26(31)17-34-23-12-10-21(14-24(23)33-3)15-25-27(32)30(28(35)36-25)16-20-7-5-4-6-8-20/h4-15H,16-17H2,1-3H3,(H,29,31)/b25-15+. The number of benzene rings is 3. The largest absolute Gasteiger partial charge is 0.493 e. The topological polar surface area (TPSA) is 67.9 Å². The summed E-state index contributed by atoms with van der Waals surface area (Å²) in [7, 11) is 1.53. The van der Waals surface area contributed by atoms with Crippen molar-refractivity contribution in [3.8, 4) is 11.5 Å². The number of hydrogen-bond donors (Lipinski definition) is 1. The Balaban J connectivity index is 1.41. The number of hydrogen-bond acceptors (Lipinski definition) is 6. The monoisotopic (exact) mass is 518 g/mol. The Morgan fingerprint density at radius 3 is 2.53 bits per heavy atom. The molecule has 0 unspecified atom stereocenters. The second-order valence-corrected chi connectivity index (χ2v) is 9.98. The quantitative estimate of drug-likeness (QED) is 0.303. The fourth-order valence-corrected chi connectivity index (χ4v) is 4.86. The van der Waals surface area contributed by atoms with Crippen molar-refractivity contribution in [3.05, 3.63) is 93.9 Å². The highest BCUT2D eigenvalue weighted by Gasteiger charge is 2.32. The average molecular weight is 519 g/mol. The van der Waals surface area contributed by atoms with Crippen molar-refractivity contribution >= 4 is 51.9 Å². The first-order valence-corrected chi connectivity index (χ1v) is 12.5. The summed E-state index contributed by atoms with van der Waals surface area (Å²) in [5, 5.41) is 2.84. The van der Waals surface area contributed by atoms with E-state index in [1.165, 1.54) is 18.9 Å². The van der Waals surface area contributed by atoms with Crippen molar-refractivity contribution in [2.75, 3.05) is 19.0 Å². The number of carbonyl (C=O) groups excluding carboxylic acids is 2. The van der Waals surface area contributed by atoms with E-state index >= 15 is 0 Å². The molecule has 0 radical (unpaired) electrons. The minimum atomic E-state index is -0.272. The maximum atomic E-state index is 13.0. The molecule has 184 valence electrons. The summed E-state index contributed by atoms with van der Waals surface area (Å²) in [5.74, 6) is 0.492. The fraction of sp³-hybridized carbons (Fsp3) is 0.179. The summed E-state index contributed by atoms with van der Waals surface area (Å²) in [6.45, 7) is 4.28. The Morgan fingerprint density at radius 1 is 1.03 bits per heavy atom. The smallest absolute Gasteiger partial charge is 0.266 e. The van der Waals surface area contributed by atoms with Gasteiger partial charge in [-0.25, -0.2) is 0 Å². The number of anilines is 1. The van der Waals surface area contributed by atoms with Gasteiger partial charge in [0, 0.05) is 5.69 Å². The van der Waals surface area contributed by atoms with Crippen LogP contribution in [-0.2, 0) is 16.1 Å². The molecule has 0 aliphatic carbocycles. The maximum absolute atomic E-state index is 13.0. The van der Waals surface area contributed by atoms with Crippen LogP contribution in [0.25, 0.3) is 6.08 Å². The van der Waals surface area contributed by atoms with E-state index in [1.807, 2.05) is 68.4 Å². The molecule has 3 aromatic carbocycles. The second kappa shape index (κ2) is 11.4. The third-order valence-corrected chi connectivity index (χ3v) is 7.07. The number of amides is 2. The molecule has 36 heavy (non-hydrogen) atoms. The Hall–Kier alpha value is -3.62. The number of thiocarbonyl (C=S) groups is 1. The highest BCUT2D eigenvalue weighted by Crippen LogP contribution is 2.35. The van der Waals surface area contributed by atoms with Gasteiger partial charge in [-0.1, -0.05) is 66.4 Å². The van der Waals surface area contributed by atoms with Gasteiger partial charge >= 0.3 is 0 Å². The van der Waals surface area contributed by atoms with Crippen LogP contribution in [0, 0.1) is 13.8 Å². The van der Waals surface area contributed by atoms with Crippen LogP contribution < -0.4 is 14.8 Å². The zero-order chi connectivity index (χ0) is 25.7. The molecule has 0 atom stereocenters. The zero-order valence-electron chi connectivity index (χ0n) is 20.2. The van der Waals surface area contributed by atoms with E-state index in [2.05, 4.69) is 5.32 Å². The molecule has 6 nitrogen and oxygen atoms in total. The molecule has 1 saturated heterocycles. The van der Waals surface area contributed by atoms with Crippen LogP contribution >= 0.6 is 24.0 Å². The van der Waals surface area contributed by atoms with Gasteiger partial charge in [-0.15, -0.1) is 0 Å². The lowest BCUT2D eigenvalue weighted by molar-refractivity contribution is -0.122. The van der Waals surface area contributed by atoms with Crippen molar-refractivity contribution in [1.29, 1.82) is 0 Å². The van der Waals surface area contributed by atoms with Gasteiger partial charge in [-0.3, -0.25) is 14.5 Å². The molecule has 1 fully saturated rings. The highest BCUT2D eigenvalue weighted by molar-refractivity contribution is 8.26. The summed E-state index contributed by atoms with van der Waals surface area (Å²) < 4.78 is 11.7. The van der Waals surface area contributed by atoms with Gasteiger partial charge in [0.25, 0.3) is 11.8 Å². The van der Waals surface area contributed by atoms with Crippen LogP contribution in [0.4, 0.5) is 5.69 Å². The molecule has 1 aliphatic rings. The lowest BCUT2D eigenvalue weighted by Gasteiger charge is -2.14. The normalized spacial score (nSPS) is 14.3. The molecule has 8 heteroatoms. The Bertz CT molecular complexity index is 1340. The molecule has 1 heterocycles. The minimum Gasteiger partial charge on any atom is -0.493 e. The SMILES string of the molecule is COc1cc(/C=C2/SC(=S)N(Cc3ccccc3)C2=O)ccc1OCC(=O)Nc1ccc(C)c(C)c1. The number of nitrogens with zero attached hydrogens (tertiary/aromatic N) is 1. The van der Waals surface area contributed by atoms with Gasteiger partial charge in [0.15, 0.2) is 18.1 Å².